The number of carbonyl (C=O) groups is 1. The molecule has 0 spiro atoms. The van der Waals surface area contributed by atoms with Crippen molar-refractivity contribution in [3.8, 4) is 0 Å². The van der Waals surface area contributed by atoms with Gasteiger partial charge in [0.2, 0.25) is 0 Å². The molecule has 2 aromatic carbocycles. The molecule has 0 amide bonds. The van der Waals surface area contributed by atoms with Crippen molar-refractivity contribution in [2.45, 2.75) is 0 Å². The third-order valence-corrected chi connectivity index (χ3v) is 4.13. The summed E-state index contributed by atoms with van der Waals surface area (Å²) >= 11 is 0. The van der Waals surface area contributed by atoms with E-state index in [4.69, 9.17) is 9.68 Å². The smallest absolute Gasteiger partial charge is 0.365 e. The Morgan fingerprint density at radius 1 is 1.08 bits per heavy atom. The van der Waals surface area contributed by atoms with E-state index in [-0.39, 0.29) is 5.69 Å². The van der Waals surface area contributed by atoms with Crippen LogP contribution in [-0.4, -0.2) is 27.5 Å². The molecule has 130 valence electrons. The maximum Gasteiger partial charge on any atom is 0.365 e. The second kappa shape index (κ2) is 5.92. The highest BCUT2D eigenvalue weighted by molar-refractivity contribution is 6.04. The molecule has 0 radical (unpaired) electrons. The summed E-state index contributed by atoms with van der Waals surface area (Å²) < 4.78 is 2.70. The number of fused-ring (bicyclic) bond motifs is 2. The molecular formula is C18H13N3O5. The summed E-state index contributed by atoms with van der Waals surface area (Å²) in [5.41, 5.74) is 1.41. The van der Waals surface area contributed by atoms with E-state index in [2.05, 4.69) is 0 Å². The lowest BCUT2D eigenvalue weighted by atomic mass is 10.2. The van der Waals surface area contributed by atoms with Crippen LogP contribution in [0.25, 0.3) is 21.8 Å². The fraction of sp³-hybridized carbons (Fsp3) is 0.0556. The monoisotopic (exact) mass is 351 g/mol. The number of para-hydroxylation sites is 1. The molecular weight excluding hydrogens is 338 g/mol. The lowest BCUT2D eigenvalue weighted by molar-refractivity contribution is -0.384. The number of rotatable bonds is 4. The summed E-state index contributed by atoms with van der Waals surface area (Å²) in [5.74, 6) is -0.596. The molecule has 2 aromatic heterocycles. The number of non-ortho nitro benzene ring substituents is 1. The molecule has 0 atom stereocenters. The minimum Gasteiger partial charge on any atom is -0.417 e. The second-order valence-electron chi connectivity index (χ2n) is 5.59. The molecule has 0 fully saturated rings. The number of hydrogen-bond donors (Lipinski definition) is 0. The fourth-order valence-corrected chi connectivity index (χ4v) is 2.89. The van der Waals surface area contributed by atoms with Crippen LogP contribution in [0, 0.1) is 10.1 Å². The molecule has 0 bridgehead atoms. The highest BCUT2D eigenvalue weighted by Crippen LogP contribution is 2.23. The van der Waals surface area contributed by atoms with Crippen LogP contribution in [0.15, 0.2) is 60.9 Å². The van der Waals surface area contributed by atoms with Gasteiger partial charge in [0.15, 0.2) is 0 Å². The van der Waals surface area contributed by atoms with Gasteiger partial charge in [-0.15, -0.1) is 0 Å². The Bertz CT molecular complexity index is 1160. The zero-order valence-corrected chi connectivity index (χ0v) is 13.7. The summed E-state index contributed by atoms with van der Waals surface area (Å²) in [6.45, 7) is 0. The third-order valence-electron chi connectivity index (χ3n) is 4.13. The maximum atomic E-state index is 12.7. The molecule has 0 unspecified atom stereocenters. The van der Waals surface area contributed by atoms with E-state index in [1.807, 2.05) is 18.2 Å². The first-order valence-electron chi connectivity index (χ1n) is 7.71. The number of nitro groups is 1. The number of benzene rings is 2. The van der Waals surface area contributed by atoms with Crippen molar-refractivity contribution >= 4 is 33.5 Å². The van der Waals surface area contributed by atoms with Gasteiger partial charge in [0.1, 0.15) is 7.11 Å². The van der Waals surface area contributed by atoms with Gasteiger partial charge in [0, 0.05) is 29.1 Å². The van der Waals surface area contributed by atoms with Crippen LogP contribution in [0.1, 0.15) is 10.4 Å². The molecule has 4 aromatic rings. The van der Waals surface area contributed by atoms with Crippen LogP contribution >= 0.6 is 0 Å². The average Bonchev–Trinajstić information content (AvgIpc) is 3.22. The quantitative estimate of drug-likeness (QED) is 0.417. The molecule has 2 heterocycles. The minimum absolute atomic E-state index is 0.0792. The Hall–Kier alpha value is -3.81. The maximum absolute atomic E-state index is 12.7. The number of nitro benzene ring substituents is 1. The van der Waals surface area contributed by atoms with Gasteiger partial charge in [-0.1, -0.05) is 18.2 Å². The van der Waals surface area contributed by atoms with Gasteiger partial charge in [-0.05, 0) is 18.2 Å². The fourth-order valence-electron chi connectivity index (χ4n) is 2.89. The molecule has 0 saturated heterocycles. The Balaban J connectivity index is 1.74. The number of hydrogen-bond acceptors (Lipinski definition) is 5. The standard InChI is InChI=1S/C18H13N3O5/c1-25-20-11-15(14-4-2-3-5-16(14)20)18(22)26-19-9-8-12-6-7-13(21(23)24)10-17(12)19/h2-11H,1H3. The van der Waals surface area contributed by atoms with E-state index in [0.717, 1.165) is 10.9 Å². The van der Waals surface area contributed by atoms with Gasteiger partial charge in [-0.2, -0.15) is 9.46 Å². The molecule has 4 rings (SSSR count). The lowest BCUT2D eigenvalue weighted by Crippen LogP contribution is -2.19. The van der Waals surface area contributed by atoms with E-state index >= 15 is 0 Å². The summed E-state index contributed by atoms with van der Waals surface area (Å²) in [5, 5.41) is 12.4. The summed E-state index contributed by atoms with van der Waals surface area (Å²) in [6, 6.07) is 13.4. The Morgan fingerprint density at radius 2 is 1.88 bits per heavy atom. The van der Waals surface area contributed by atoms with Crippen LogP contribution in [0.4, 0.5) is 5.69 Å². The zero-order valence-electron chi connectivity index (χ0n) is 13.7. The first-order chi connectivity index (χ1) is 12.6. The number of carbonyl (C=O) groups excluding carboxylic acids is 1. The van der Waals surface area contributed by atoms with Crippen molar-refractivity contribution < 1.29 is 19.4 Å². The molecule has 8 nitrogen and oxygen atoms in total. The first kappa shape index (κ1) is 15.7. The van der Waals surface area contributed by atoms with Crippen molar-refractivity contribution in [3.05, 3.63) is 76.6 Å². The van der Waals surface area contributed by atoms with Crippen LogP contribution in [0.3, 0.4) is 0 Å². The van der Waals surface area contributed by atoms with E-state index in [9.17, 15) is 14.9 Å². The molecule has 8 heteroatoms. The lowest BCUT2D eigenvalue weighted by Gasteiger charge is -2.05. The Labute approximate surface area is 146 Å². The van der Waals surface area contributed by atoms with Crippen LogP contribution in [0.2, 0.25) is 0 Å². The van der Waals surface area contributed by atoms with E-state index in [0.29, 0.717) is 16.5 Å². The summed E-state index contributed by atoms with van der Waals surface area (Å²) in [6.07, 6.45) is 3.09. The van der Waals surface area contributed by atoms with Gasteiger partial charge in [-0.3, -0.25) is 10.1 Å². The van der Waals surface area contributed by atoms with E-state index < -0.39 is 10.9 Å². The molecule has 0 aliphatic heterocycles. The van der Waals surface area contributed by atoms with Crippen LogP contribution in [0.5, 0.6) is 0 Å². The molecule has 0 aliphatic rings. The summed E-state index contributed by atoms with van der Waals surface area (Å²) in [7, 11) is 1.50. The highest BCUT2D eigenvalue weighted by atomic mass is 16.7. The zero-order chi connectivity index (χ0) is 18.3. The van der Waals surface area contributed by atoms with E-state index in [1.165, 1.54) is 28.7 Å². The Morgan fingerprint density at radius 3 is 2.65 bits per heavy atom. The minimum atomic E-state index is -0.596. The second-order valence-corrected chi connectivity index (χ2v) is 5.59. The first-order valence-corrected chi connectivity index (χ1v) is 7.71. The van der Waals surface area contributed by atoms with E-state index in [1.54, 1.807) is 30.6 Å². The van der Waals surface area contributed by atoms with Crippen LogP contribution in [-0.2, 0) is 0 Å². The van der Waals surface area contributed by atoms with Crippen molar-refractivity contribution in [3.63, 3.8) is 0 Å². The van der Waals surface area contributed by atoms with Gasteiger partial charge in [-0.25, -0.2) is 4.79 Å². The third kappa shape index (κ3) is 2.44. The Kier molecular flexibility index (Phi) is 3.58. The SMILES string of the molecule is COn1cc(C(=O)On2ccc3ccc([N+](=O)[O-])cc32)c2ccccc21. The normalized spacial score (nSPS) is 11.0. The predicted octanol–water partition coefficient (Wildman–Crippen LogP) is 2.83. The molecule has 26 heavy (non-hydrogen) atoms. The topological polar surface area (TPSA) is 88.5 Å². The molecule has 0 saturated carbocycles. The van der Waals surface area contributed by atoms with Gasteiger partial charge in [0.05, 0.1) is 27.7 Å². The average molecular weight is 351 g/mol. The highest BCUT2D eigenvalue weighted by Gasteiger charge is 2.19. The largest absolute Gasteiger partial charge is 0.417 e. The number of nitrogens with zero attached hydrogens (tertiary/aromatic N) is 3. The van der Waals surface area contributed by atoms with Gasteiger partial charge >= 0.3 is 5.97 Å². The van der Waals surface area contributed by atoms with Crippen molar-refractivity contribution in [1.82, 2.24) is 9.46 Å². The van der Waals surface area contributed by atoms with Crippen molar-refractivity contribution in [2.75, 3.05) is 7.11 Å². The summed E-state index contributed by atoms with van der Waals surface area (Å²) in [4.78, 5) is 33.8. The van der Waals surface area contributed by atoms with Crippen molar-refractivity contribution in [2.24, 2.45) is 0 Å². The molecule has 0 N–H and O–H groups in total. The predicted molar refractivity (Wildman–Crippen MR) is 93.9 cm³/mol. The van der Waals surface area contributed by atoms with Gasteiger partial charge < -0.3 is 9.68 Å². The van der Waals surface area contributed by atoms with Crippen LogP contribution < -0.4 is 9.68 Å². The van der Waals surface area contributed by atoms with Gasteiger partial charge in [0.25, 0.3) is 5.69 Å². The molecule has 0 aliphatic carbocycles. The number of aromatic nitrogens is 2. The van der Waals surface area contributed by atoms with Crippen molar-refractivity contribution in [1.29, 1.82) is 0 Å².